The lowest BCUT2D eigenvalue weighted by atomic mass is 9.88. The minimum absolute atomic E-state index is 0.316. The van der Waals surface area contributed by atoms with Crippen molar-refractivity contribution < 1.29 is 24.2 Å². The fourth-order valence-corrected chi connectivity index (χ4v) is 4.32. The first-order valence-corrected chi connectivity index (χ1v) is 10.7. The summed E-state index contributed by atoms with van der Waals surface area (Å²) in [6, 6.07) is 18.0. The summed E-state index contributed by atoms with van der Waals surface area (Å²) in [5, 5.41) is 11.6. The van der Waals surface area contributed by atoms with Crippen molar-refractivity contribution in [2.75, 3.05) is 19.1 Å². The van der Waals surface area contributed by atoms with E-state index in [-0.39, 0.29) is 12.2 Å². The lowest BCUT2D eigenvalue weighted by Crippen LogP contribution is -2.41. The number of aryl methyl sites for hydroxylation is 2. The lowest BCUT2D eigenvalue weighted by Gasteiger charge is -2.23. The van der Waals surface area contributed by atoms with Crippen molar-refractivity contribution in [2.45, 2.75) is 32.4 Å². The number of nitrogens with zero attached hydrogens (tertiary/aromatic N) is 1. The van der Waals surface area contributed by atoms with Gasteiger partial charge < -0.3 is 19.5 Å². The molecule has 0 bridgehead atoms. The quantitative estimate of drug-likeness (QED) is 0.548. The summed E-state index contributed by atoms with van der Waals surface area (Å²) in [5.41, 5.74) is 2.59. The van der Waals surface area contributed by atoms with E-state index in [1.807, 2.05) is 38.1 Å². The van der Waals surface area contributed by atoms with E-state index in [1.54, 1.807) is 41.3 Å². The van der Waals surface area contributed by atoms with Gasteiger partial charge in [0.2, 0.25) is 0 Å². The van der Waals surface area contributed by atoms with Crippen LogP contribution in [-0.2, 0) is 16.9 Å². The van der Waals surface area contributed by atoms with Crippen LogP contribution in [0.1, 0.15) is 39.0 Å². The van der Waals surface area contributed by atoms with E-state index in [0.29, 0.717) is 34.9 Å². The topological polar surface area (TPSA) is 76.1 Å². The number of anilines is 1. The van der Waals surface area contributed by atoms with Crippen molar-refractivity contribution >= 4 is 17.4 Å². The number of carbonyl (C=O) groups is 2. The Hall–Kier alpha value is -3.64. The first-order valence-electron chi connectivity index (χ1n) is 10.7. The van der Waals surface area contributed by atoms with E-state index >= 15 is 0 Å². The zero-order valence-corrected chi connectivity index (χ0v) is 19.2. The van der Waals surface area contributed by atoms with Crippen molar-refractivity contribution in [2.24, 2.45) is 0 Å². The highest BCUT2D eigenvalue weighted by molar-refractivity contribution is 6.10. The Balaban J connectivity index is 1.68. The maximum absolute atomic E-state index is 13.6. The van der Waals surface area contributed by atoms with E-state index in [0.717, 1.165) is 16.7 Å². The summed E-state index contributed by atoms with van der Waals surface area (Å²) in [4.78, 5) is 28.3. The largest absolute Gasteiger partial charge is 0.493 e. The van der Waals surface area contributed by atoms with Gasteiger partial charge in [-0.2, -0.15) is 0 Å². The van der Waals surface area contributed by atoms with Gasteiger partial charge in [0.1, 0.15) is 0 Å². The summed E-state index contributed by atoms with van der Waals surface area (Å²) < 4.78 is 10.5. The van der Waals surface area contributed by atoms with E-state index in [2.05, 4.69) is 0 Å². The van der Waals surface area contributed by atoms with E-state index in [4.69, 9.17) is 9.47 Å². The molecule has 3 aromatic rings. The van der Waals surface area contributed by atoms with Crippen LogP contribution in [0.25, 0.3) is 0 Å². The molecule has 6 nitrogen and oxygen atoms in total. The second kappa shape index (κ2) is 8.71. The maximum atomic E-state index is 13.6. The van der Waals surface area contributed by atoms with Crippen molar-refractivity contribution in [1.29, 1.82) is 0 Å². The molecule has 0 spiro atoms. The number of amides is 1. The number of rotatable bonds is 7. The maximum Gasteiger partial charge on any atom is 0.264 e. The molecule has 0 fully saturated rings. The molecule has 1 atom stereocenters. The van der Waals surface area contributed by atoms with Crippen LogP contribution in [0.5, 0.6) is 11.5 Å². The zero-order chi connectivity index (χ0) is 23.8. The summed E-state index contributed by atoms with van der Waals surface area (Å²) in [6.45, 7) is 4.31. The number of benzene rings is 3. The molecule has 0 saturated heterocycles. The highest BCUT2D eigenvalue weighted by atomic mass is 16.5. The van der Waals surface area contributed by atoms with Crippen molar-refractivity contribution in [3.63, 3.8) is 0 Å². The Morgan fingerprint density at radius 1 is 0.970 bits per heavy atom. The number of aliphatic hydroxyl groups is 1. The monoisotopic (exact) mass is 445 g/mol. The van der Waals surface area contributed by atoms with Crippen LogP contribution in [0, 0.1) is 13.8 Å². The third-order valence-electron chi connectivity index (χ3n) is 6.19. The number of para-hydroxylation sites is 1. The van der Waals surface area contributed by atoms with Gasteiger partial charge in [-0.05, 0) is 49.2 Å². The van der Waals surface area contributed by atoms with Crippen LogP contribution in [0.15, 0.2) is 60.7 Å². The molecule has 1 aliphatic rings. The van der Waals surface area contributed by atoms with E-state index in [1.165, 1.54) is 14.2 Å². The van der Waals surface area contributed by atoms with Gasteiger partial charge in [0, 0.05) is 11.1 Å². The fraction of sp³-hybridized carbons (Fsp3) is 0.259. The number of ketones is 1. The normalized spacial score (nSPS) is 17.1. The van der Waals surface area contributed by atoms with Gasteiger partial charge in [0.15, 0.2) is 22.9 Å². The highest BCUT2D eigenvalue weighted by Gasteiger charge is 2.50. The molecule has 1 N–H and O–H groups in total. The van der Waals surface area contributed by atoms with Gasteiger partial charge in [0.25, 0.3) is 5.91 Å². The average molecular weight is 446 g/mol. The number of carbonyl (C=O) groups excluding carboxylic acids is 2. The molecule has 4 rings (SSSR count). The molecule has 0 aliphatic carbocycles. The third kappa shape index (κ3) is 3.98. The Bertz CT molecular complexity index is 1230. The molecule has 1 heterocycles. The Kier molecular flexibility index (Phi) is 5.95. The van der Waals surface area contributed by atoms with Gasteiger partial charge in [0.05, 0.1) is 32.9 Å². The van der Waals surface area contributed by atoms with E-state index in [9.17, 15) is 14.7 Å². The molecule has 0 radical (unpaired) electrons. The van der Waals surface area contributed by atoms with Gasteiger partial charge in [-0.1, -0.05) is 42.0 Å². The van der Waals surface area contributed by atoms with Crippen LogP contribution >= 0.6 is 0 Å². The molecular formula is C27H27NO5. The molecule has 170 valence electrons. The van der Waals surface area contributed by atoms with Gasteiger partial charge in [-0.3, -0.25) is 9.59 Å². The smallest absolute Gasteiger partial charge is 0.264 e. The van der Waals surface area contributed by atoms with Crippen molar-refractivity contribution in [3.05, 3.63) is 88.5 Å². The first-order chi connectivity index (χ1) is 15.8. The summed E-state index contributed by atoms with van der Waals surface area (Å²) in [5.74, 6) is 0.0356. The average Bonchev–Trinajstić information content (AvgIpc) is 3.02. The molecule has 1 aliphatic heterocycles. The van der Waals surface area contributed by atoms with Gasteiger partial charge >= 0.3 is 0 Å². The third-order valence-corrected chi connectivity index (χ3v) is 6.19. The Morgan fingerprint density at radius 3 is 2.42 bits per heavy atom. The lowest BCUT2D eigenvalue weighted by molar-refractivity contribution is -0.136. The SMILES string of the molecule is COc1ccc(C(=O)C[C@@]2(O)C(=O)N(Cc3cc(C)ccc3C)c3ccccc32)cc1OC. The van der Waals surface area contributed by atoms with Gasteiger partial charge in [-0.25, -0.2) is 0 Å². The van der Waals surface area contributed by atoms with Gasteiger partial charge in [-0.15, -0.1) is 0 Å². The van der Waals surface area contributed by atoms with Crippen LogP contribution in [0.3, 0.4) is 0 Å². The van der Waals surface area contributed by atoms with E-state index < -0.39 is 11.5 Å². The van der Waals surface area contributed by atoms with Crippen LogP contribution in [0.4, 0.5) is 5.69 Å². The number of hydrogen-bond acceptors (Lipinski definition) is 5. The number of ether oxygens (including phenoxy) is 2. The Morgan fingerprint density at radius 2 is 1.70 bits per heavy atom. The molecule has 0 unspecified atom stereocenters. The number of hydrogen-bond donors (Lipinski definition) is 1. The molecule has 0 saturated carbocycles. The number of methoxy groups -OCH3 is 2. The molecular weight excluding hydrogens is 418 g/mol. The number of fused-ring (bicyclic) bond motifs is 1. The number of Topliss-reactive ketones (excluding diaryl/α,β-unsaturated/α-hetero) is 1. The Labute approximate surface area is 193 Å². The molecule has 0 aromatic heterocycles. The molecule has 1 amide bonds. The van der Waals surface area contributed by atoms with Crippen molar-refractivity contribution in [3.8, 4) is 11.5 Å². The zero-order valence-electron chi connectivity index (χ0n) is 19.2. The summed E-state index contributed by atoms with van der Waals surface area (Å²) >= 11 is 0. The summed E-state index contributed by atoms with van der Waals surface area (Å²) in [7, 11) is 3.00. The highest BCUT2D eigenvalue weighted by Crippen LogP contribution is 2.44. The minimum atomic E-state index is -1.95. The molecule has 6 heteroatoms. The molecule has 33 heavy (non-hydrogen) atoms. The minimum Gasteiger partial charge on any atom is -0.493 e. The predicted molar refractivity (Wildman–Crippen MR) is 126 cm³/mol. The summed E-state index contributed by atoms with van der Waals surface area (Å²) in [6.07, 6.45) is -0.373. The van der Waals surface area contributed by atoms with Crippen molar-refractivity contribution in [1.82, 2.24) is 0 Å². The molecule has 3 aromatic carbocycles. The van der Waals surface area contributed by atoms with Crippen LogP contribution in [-0.4, -0.2) is 31.0 Å². The second-order valence-corrected chi connectivity index (χ2v) is 8.37. The first kappa shape index (κ1) is 22.6. The predicted octanol–water partition coefficient (Wildman–Crippen LogP) is 4.33. The second-order valence-electron chi connectivity index (χ2n) is 8.37. The fourth-order valence-electron chi connectivity index (χ4n) is 4.32. The van der Waals surface area contributed by atoms with Crippen LogP contribution < -0.4 is 14.4 Å². The van der Waals surface area contributed by atoms with Crippen LogP contribution in [0.2, 0.25) is 0 Å². The standard InChI is InChI=1S/C27H27NO5/c1-17-9-10-18(2)20(13-17)16-28-22-8-6-5-7-21(22)27(31,26(28)30)15-23(29)19-11-12-24(32-3)25(14-19)33-4/h5-14,31H,15-16H2,1-4H3/t27-/m0/s1.